The van der Waals surface area contributed by atoms with E-state index in [4.69, 9.17) is 4.74 Å². The van der Waals surface area contributed by atoms with E-state index in [2.05, 4.69) is 21.0 Å². The van der Waals surface area contributed by atoms with Crippen molar-refractivity contribution < 1.29 is 13.5 Å². The molecule has 0 fully saturated rings. The van der Waals surface area contributed by atoms with Gasteiger partial charge in [-0.3, -0.25) is 0 Å². The topological polar surface area (TPSA) is 27.1 Å². The second-order valence-corrected chi connectivity index (χ2v) is 3.88. The second kappa shape index (κ2) is 4.84. The third-order valence-electron chi connectivity index (χ3n) is 1.59. The Morgan fingerprint density at radius 1 is 1.57 bits per heavy atom. The summed E-state index contributed by atoms with van der Waals surface area (Å²) in [5.41, 5.74) is 0.355. The van der Waals surface area contributed by atoms with Crippen LogP contribution >= 0.6 is 15.9 Å². The highest BCUT2D eigenvalue weighted by atomic mass is 79.9. The van der Waals surface area contributed by atoms with Crippen LogP contribution < -0.4 is 0 Å². The lowest BCUT2D eigenvalue weighted by molar-refractivity contribution is 0.0279. The van der Waals surface area contributed by atoms with Crippen molar-refractivity contribution in [1.29, 1.82) is 0 Å². The third kappa shape index (κ3) is 2.75. The molecule has 0 saturated carbocycles. The van der Waals surface area contributed by atoms with Gasteiger partial charge in [-0.1, -0.05) is 0 Å². The van der Waals surface area contributed by atoms with Crippen molar-refractivity contribution in [1.82, 2.24) is 9.78 Å². The molecule has 0 unspecified atom stereocenters. The van der Waals surface area contributed by atoms with E-state index >= 15 is 0 Å². The van der Waals surface area contributed by atoms with E-state index in [-0.39, 0.29) is 12.7 Å². The molecule has 80 valence electrons. The molecule has 3 nitrogen and oxygen atoms in total. The van der Waals surface area contributed by atoms with E-state index in [1.807, 2.05) is 13.8 Å². The summed E-state index contributed by atoms with van der Waals surface area (Å²) >= 11 is 3.14. The van der Waals surface area contributed by atoms with Crippen molar-refractivity contribution in [2.24, 2.45) is 0 Å². The summed E-state index contributed by atoms with van der Waals surface area (Å²) in [6.45, 7) is 1.18. The van der Waals surface area contributed by atoms with Crippen LogP contribution in [-0.2, 0) is 11.3 Å². The summed E-state index contributed by atoms with van der Waals surface area (Å²) in [4.78, 5) is 0. The fourth-order valence-corrected chi connectivity index (χ4v) is 1.30. The van der Waals surface area contributed by atoms with Crippen LogP contribution in [0.2, 0.25) is 0 Å². The molecule has 0 N–H and O–H groups in total. The van der Waals surface area contributed by atoms with Gasteiger partial charge in [-0.25, -0.2) is 4.68 Å². The molecule has 0 radical (unpaired) electrons. The van der Waals surface area contributed by atoms with E-state index in [0.717, 1.165) is 0 Å². The van der Waals surface area contributed by atoms with Gasteiger partial charge in [0.2, 0.25) is 0 Å². The Balaban J connectivity index is 2.77. The minimum atomic E-state index is -2.63. The van der Waals surface area contributed by atoms with Gasteiger partial charge in [0, 0.05) is 0 Å². The molecule has 14 heavy (non-hydrogen) atoms. The first kappa shape index (κ1) is 11.6. The Bertz CT molecular complexity index is 302. The highest BCUT2D eigenvalue weighted by molar-refractivity contribution is 9.10. The van der Waals surface area contributed by atoms with Gasteiger partial charge in [-0.05, 0) is 29.8 Å². The zero-order chi connectivity index (χ0) is 10.7. The van der Waals surface area contributed by atoms with Gasteiger partial charge in [-0.2, -0.15) is 13.9 Å². The lowest BCUT2D eigenvalue weighted by atomic mass is 10.4. The number of hydrogen-bond acceptors (Lipinski definition) is 2. The number of hydrogen-bond donors (Lipinski definition) is 0. The first-order chi connectivity index (χ1) is 6.52. The highest BCUT2D eigenvalue weighted by Gasteiger charge is 2.15. The second-order valence-electron chi connectivity index (χ2n) is 3.02. The molecular weight excluding hydrogens is 258 g/mol. The molecule has 0 aromatic carbocycles. The quantitative estimate of drug-likeness (QED) is 0.840. The first-order valence-electron chi connectivity index (χ1n) is 4.14. The summed E-state index contributed by atoms with van der Waals surface area (Å²) in [6.07, 6.45) is 1.34. The van der Waals surface area contributed by atoms with Crippen LogP contribution in [-0.4, -0.2) is 15.9 Å². The van der Waals surface area contributed by atoms with Gasteiger partial charge >= 0.3 is 6.55 Å². The molecule has 1 aromatic rings. The van der Waals surface area contributed by atoms with E-state index in [1.54, 1.807) is 0 Å². The average Bonchev–Trinajstić information content (AvgIpc) is 2.43. The van der Waals surface area contributed by atoms with Crippen molar-refractivity contribution in [3.05, 3.63) is 16.4 Å². The van der Waals surface area contributed by atoms with Crippen LogP contribution in [0.1, 0.15) is 26.1 Å². The first-order valence-corrected chi connectivity index (χ1v) is 4.93. The summed E-state index contributed by atoms with van der Waals surface area (Å²) in [6, 6.07) is 0. The normalized spacial score (nSPS) is 11.6. The highest BCUT2D eigenvalue weighted by Crippen LogP contribution is 2.22. The lowest BCUT2D eigenvalue weighted by Crippen LogP contribution is -2.10. The molecule has 0 amide bonds. The van der Waals surface area contributed by atoms with E-state index in [0.29, 0.717) is 14.8 Å². The molecule has 1 aromatic heterocycles. The minimum Gasteiger partial charge on any atom is -0.372 e. The van der Waals surface area contributed by atoms with Crippen molar-refractivity contribution in [2.75, 3.05) is 0 Å². The maximum atomic E-state index is 12.4. The molecule has 0 aliphatic carbocycles. The number of rotatable bonds is 4. The summed E-state index contributed by atoms with van der Waals surface area (Å²) in [7, 11) is 0. The minimum absolute atomic E-state index is 0.00271. The summed E-state index contributed by atoms with van der Waals surface area (Å²) < 4.78 is 31.2. The van der Waals surface area contributed by atoms with Gasteiger partial charge in [0.15, 0.2) is 0 Å². The summed E-state index contributed by atoms with van der Waals surface area (Å²) in [5, 5.41) is 3.53. The Morgan fingerprint density at radius 3 is 2.71 bits per heavy atom. The molecule has 0 aliphatic rings. The fraction of sp³-hybridized carbons (Fsp3) is 0.625. The van der Waals surface area contributed by atoms with Gasteiger partial charge in [0.25, 0.3) is 0 Å². The third-order valence-corrected chi connectivity index (χ3v) is 2.25. The number of ether oxygens (including phenoxy) is 1. The van der Waals surface area contributed by atoms with E-state index in [9.17, 15) is 8.78 Å². The Morgan fingerprint density at radius 2 is 2.21 bits per heavy atom. The van der Waals surface area contributed by atoms with Gasteiger partial charge in [-0.15, -0.1) is 0 Å². The molecule has 0 atom stereocenters. The molecule has 1 rings (SSSR count). The number of alkyl halides is 2. The molecule has 1 heterocycles. The molecular formula is C8H11BrF2N2O. The van der Waals surface area contributed by atoms with Crippen LogP contribution in [0.5, 0.6) is 0 Å². The predicted octanol–water partition coefficient (Wildman–Crippen LogP) is 2.97. The van der Waals surface area contributed by atoms with E-state index < -0.39 is 6.55 Å². The van der Waals surface area contributed by atoms with E-state index in [1.165, 1.54) is 6.20 Å². The van der Waals surface area contributed by atoms with Crippen molar-refractivity contribution in [3.63, 3.8) is 0 Å². The maximum absolute atomic E-state index is 12.4. The Kier molecular flexibility index (Phi) is 4.00. The van der Waals surface area contributed by atoms with Crippen molar-refractivity contribution in [3.8, 4) is 0 Å². The average molecular weight is 269 g/mol. The standard InChI is InChI=1S/C8H11BrF2N2O/c1-5(2)14-4-7-6(9)3-12-13(7)8(10)11/h3,5,8H,4H2,1-2H3. The fourth-order valence-electron chi connectivity index (χ4n) is 0.915. The van der Waals surface area contributed by atoms with Crippen LogP contribution in [0.15, 0.2) is 10.7 Å². The van der Waals surface area contributed by atoms with Crippen LogP contribution in [0, 0.1) is 0 Å². The number of nitrogens with zero attached hydrogens (tertiary/aromatic N) is 2. The van der Waals surface area contributed by atoms with Crippen molar-refractivity contribution in [2.45, 2.75) is 33.1 Å². The molecule has 0 aliphatic heterocycles. The van der Waals surface area contributed by atoms with Gasteiger partial charge < -0.3 is 4.74 Å². The largest absolute Gasteiger partial charge is 0.372 e. The van der Waals surface area contributed by atoms with Gasteiger partial charge in [0.1, 0.15) is 0 Å². The lowest BCUT2D eigenvalue weighted by Gasteiger charge is -2.09. The predicted molar refractivity (Wildman–Crippen MR) is 51.1 cm³/mol. The van der Waals surface area contributed by atoms with Crippen LogP contribution in [0.3, 0.4) is 0 Å². The van der Waals surface area contributed by atoms with Crippen LogP contribution in [0.25, 0.3) is 0 Å². The smallest absolute Gasteiger partial charge is 0.333 e. The van der Waals surface area contributed by atoms with Gasteiger partial charge in [0.05, 0.1) is 29.1 Å². The molecule has 0 bridgehead atoms. The zero-order valence-corrected chi connectivity index (χ0v) is 9.46. The Labute approximate surface area is 89.2 Å². The number of aromatic nitrogens is 2. The molecule has 0 saturated heterocycles. The summed E-state index contributed by atoms with van der Waals surface area (Å²) in [5.74, 6) is 0. The molecule has 0 spiro atoms. The van der Waals surface area contributed by atoms with Crippen molar-refractivity contribution >= 4 is 15.9 Å². The Hall–Kier alpha value is -0.490. The molecule has 6 heteroatoms. The SMILES string of the molecule is CC(C)OCc1c(Br)cnn1C(F)F. The maximum Gasteiger partial charge on any atom is 0.333 e. The zero-order valence-electron chi connectivity index (χ0n) is 7.88. The number of halogens is 3. The van der Waals surface area contributed by atoms with Crippen LogP contribution in [0.4, 0.5) is 8.78 Å². The monoisotopic (exact) mass is 268 g/mol.